The van der Waals surface area contributed by atoms with Crippen LogP contribution < -0.4 is 5.32 Å². The smallest absolute Gasteiger partial charge is 0.224 e. The van der Waals surface area contributed by atoms with Crippen LogP contribution in [-0.4, -0.2) is 17.6 Å². The number of carbonyl (C=O) groups is 1. The minimum atomic E-state index is 0. The number of para-hydroxylation sites is 1. The predicted octanol–water partition coefficient (Wildman–Crippen LogP) is 2.41. The zero-order chi connectivity index (χ0) is 10.4. The molecule has 1 aromatic rings. The highest BCUT2D eigenvalue weighted by Crippen LogP contribution is 2.20. The molecular weight excluding hydrogens is 249 g/mol. The normalized spacial score (nSPS) is 11.8. The van der Waals surface area contributed by atoms with Crippen LogP contribution in [0.25, 0.3) is 0 Å². The third-order valence-corrected chi connectivity index (χ3v) is 1.91. The fourth-order valence-corrected chi connectivity index (χ4v) is 1.32. The van der Waals surface area contributed by atoms with E-state index in [1.54, 1.807) is 6.92 Å². The first-order chi connectivity index (χ1) is 6.77. The molecule has 0 aliphatic carbocycles. The topological polar surface area (TPSA) is 49.3 Å². The van der Waals surface area contributed by atoms with E-state index in [-0.39, 0.29) is 37.3 Å². The number of anilines is 1. The molecule has 0 saturated carbocycles. The van der Waals surface area contributed by atoms with Gasteiger partial charge in [-0.1, -0.05) is 18.2 Å². The fraction of sp³-hybridized carbons (Fsp3) is 0.364. The van der Waals surface area contributed by atoms with Gasteiger partial charge in [0.15, 0.2) is 0 Å². The Hall–Kier alpha value is -0.770. The summed E-state index contributed by atoms with van der Waals surface area (Å²) >= 11 is 0. The van der Waals surface area contributed by atoms with Gasteiger partial charge in [0.1, 0.15) is 0 Å². The Balaban J connectivity index is 0. The molecule has 0 atom stereocenters. The molecule has 2 rings (SSSR count). The second-order valence-corrected chi connectivity index (χ2v) is 3.02. The van der Waals surface area contributed by atoms with Gasteiger partial charge < -0.3 is 10.4 Å². The Kier molecular flexibility index (Phi) is 10.4. The summed E-state index contributed by atoms with van der Waals surface area (Å²) in [6.07, 6.45) is 1.50. The molecule has 2 N–H and O–H groups in total. The van der Waals surface area contributed by atoms with Gasteiger partial charge in [-0.3, -0.25) is 4.79 Å². The lowest BCUT2D eigenvalue weighted by Gasteiger charge is -2.15. The monoisotopic (exact) mass is 265 g/mol. The summed E-state index contributed by atoms with van der Waals surface area (Å²) in [6, 6.07) is 7.92. The van der Waals surface area contributed by atoms with Crippen molar-refractivity contribution < 1.29 is 9.90 Å². The highest BCUT2D eigenvalue weighted by molar-refractivity contribution is 5.93. The lowest BCUT2D eigenvalue weighted by atomic mass is 10.0. The number of hydrogen-bond acceptors (Lipinski definition) is 2. The first kappa shape index (κ1) is 17.6. The summed E-state index contributed by atoms with van der Waals surface area (Å²) in [4.78, 5) is 10.9. The molecule has 1 aliphatic rings. The number of nitrogens with one attached hydrogen (secondary N) is 1. The molecule has 0 spiro atoms. The van der Waals surface area contributed by atoms with Gasteiger partial charge in [-0.15, -0.1) is 24.8 Å². The average Bonchev–Trinajstić information content (AvgIpc) is 2.19. The molecule has 5 heteroatoms. The first-order valence-corrected chi connectivity index (χ1v) is 4.76. The van der Waals surface area contributed by atoms with Crippen LogP contribution in [0.15, 0.2) is 24.3 Å². The highest BCUT2D eigenvalue weighted by atomic mass is 35.5. The summed E-state index contributed by atoms with van der Waals surface area (Å²) in [6.45, 7) is 1.93. The summed E-state index contributed by atoms with van der Waals surface area (Å²) in [5.74, 6) is 0.128. The maximum atomic E-state index is 10.9. The van der Waals surface area contributed by atoms with E-state index in [4.69, 9.17) is 5.11 Å². The highest BCUT2D eigenvalue weighted by Gasteiger charge is 2.12. The Bertz CT molecular complexity index is 319. The molecule has 1 heterocycles. The molecule has 0 bridgehead atoms. The van der Waals surface area contributed by atoms with Gasteiger partial charge in [0, 0.05) is 18.7 Å². The SMILES string of the molecule is CCO.Cl.Cl.O=C1CCc2ccccc2N1. The van der Waals surface area contributed by atoms with Gasteiger partial charge >= 0.3 is 0 Å². The van der Waals surface area contributed by atoms with E-state index in [1.807, 2.05) is 18.2 Å². The molecule has 0 aromatic heterocycles. The molecule has 1 aliphatic heterocycles. The predicted molar refractivity (Wildman–Crippen MR) is 70.6 cm³/mol. The van der Waals surface area contributed by atoms with Gasteiger partial charge in [-0.05, 0) is 25.0 Å². The van der Waals surface area contributed by atoms with Crippen LogP contribution in [0.5, 0.6) is 0 Å². The lowest BCUT2D eigenvalue weighted by Crippen LogP contribution is -2.18. The van der Waals surface area contributed by atoms with Gasteiger partial charge in [-0.2, -0.15) is 0 Å². The summed E-state index contributed by atoms with van der Waals surface area (Å²) in [7, 11) is 0. The van der Waals surface area contributed by atoms with E-state index >= 15 is 0 Å². The van der Waals surface area contributed by atoms with Crippen molar-refractivity contribution in [2.75, 3.05) is 11.9 Å². The van der Waals surface area contributed by atoms with Crippen molar-refractivity contribution in [3.8, 4) is 0 Å². The van der Waals surface area contributed by atoms with Crippen molar-refractivity contribution in [1.29, 1.82) is 0 Å². The largest absolute Gasteiger partial charge is 0.397 e. The van der Waals surface area contributed by atoms with E-state index in [2.05, 4.69) is 11.4 Å². The lowest BCUT2D eigenvalue weighted by molar-refractivity contribution is -0.116. The van der Waals surface area contributed by atoms with Crippen LogP contribution in [0.2, 0.25) is 0 Å². The number of aryl methyl sites for hydroxylation is 1. The molecule has 1 aromatic carbocycles. The van der Waals surface area contributed by atoms with Crippen LogP contribution in [-0.2, 0) is 11.2 Å². The maximum Gasteiger partial charge on any atom is 0.224 e. The van der Waals surface area contributed by atoms with Crippen molar-refractivity contribution in [3.05, 3.63) is 29.8 Å². The van der Waals surface area contributed by atoms with Crippen molar-refractivity contribution in [2.45, 2.75) is 19.8 Å². The zero-order valence-corrected chi connectivity index (χ0v) is 10.7. The Morgan fingerprint density at radius 1 is 1.25 bits per heavy atom. The number of fused-ring (bicyclic) bond motifs is 1. The number of benzene rings is 1. The number of carbonyl (C=O) groups excluding carboxylic acids is 1. The van der Waals surface area contributed by atoms with Crippen molar-refractivity contribution in [3.63, 3.8) is 0 Å². The number of aliphatic hydroxyl groups is 1. The number of aliphatic hydroxyl groups excluding tert-OH is 1. The number of amides is 1. The Labute approximate surface area is 108 Å². The standard InChI is InChI=1S/C9H9NO.C2H6O.2ClH/c11-9-6-5-7-3-1-2-4-8(7)10-9;1-2-3;;/h1-4H,5-6H2,(H,10,11);3H,2H2,1H3;2*1H. The average molecular weight is 266 g/mol. The van der Waals surface area contributed by atoms with E-state index in [0.717, 1.165) is 12.1 Å². The summed E-state index contributed by atoms with van der Waals surface area (Å²) in [5, 5.41) is 10.4. The second kappa shape index (κ2) is 9.46. The summed E-state index contributed by atoms with van der Waals surface area (Å²) < 4.78 is 0. The molecule has 0 radical (unpaired) electrons. The fourth-order valence-electron chi connectivity index (χ4n) is 1.32. The number of halogens is 2. The molecule has 0 saturated heterocycles. The van der Waals surface area contributed by atoms with Gasteiger partial charge in [0.05, 0.1) is 0 Å². The van der Waals surface area contributed by atoms with Gasteiger partial charge in [0.25, 0.3) is 0 Å². The van der Waals surface area contributed by atoms with E-state index in [0.29, 0.717) is 6.42 Å². The van der Waals surface area contributed by atoms with Crippen molar-refractivity contribution in [1.82, 2.24) is 0 Å². The molecule has 92 valence electrons. The van der Waals surface area contributed by atoms with E-state index < -0.39 is 0 Å². The summed E-state index contributed by atoms with van der Waals surface area (Å²) in [5.41, 5.74) is 2.22. The Morgan fingerprint density at radius 2 is 1.81 bits per heavy atom. The minimum absolute atomic E-state index is 0. The maximum absolute atomic E-state index is 10.9. The zero-order valence-electron chi connectivity index (χ0n) is 9.10. The van der Waals surface area contributed by atoms with Gasteiger partial charge in [0.2, 0.25) is 5.91 Å². The molecule has 16 heavy (non-hydrogen) atoms. The van der Waals surface area contributed by atoms with Crippen LogP contribution in [0.1, 0.15) is 18.9 Å². The van der Waals surface area contributed by atoms with Crippen LogP contribution >= 0.6 is 24.8 Å². The van der Waals surface area contributed by atoms with Crippen LogP contribution in [0.4, 0.5) is 5.69 Å². The third-order valence-electron chi connectivity index (χ3n) is 1.91. The van der Waals surface area contributed by atoms with E-state index in [9.17, 15) is 4.79 Å². The molecular formula is C11H17Cl2NO2. The van der Waals surface area contributed by atoms with Gasteiger partial charge in [-0.25, -0.2) is 0 Å². The van der Waals surface area contributed by atoms with E-state index in [1.165, 1.54) is 5.56 Å². The molecule has 0 fully saturated rings. The second-order valence-electron chi connectivity index (χ2n) is 3.02. The molecule has 3 nitrogen and oxygen atoms in total. The minimum Gasteiger partial charge on any atom is -0.397 e. The quantitative estimate of drug-likeness (QED) is 0.757. The number of hydrogen-bond donors (Lipinski definition) is 2. The first-order valence-electron chi connectivity index (χ1n) is 4.76. The van der Waals surface area contributed by atoms with Crippen molar-refractivity contribution in [2.24, 2.45) is 0 Å². The Morgan fingerprint density at radius 3 is 2.44 bits per heavy atom. The number of rotatable bonds is 0. The molecule has 1 amide bonds. The molecule has 0 unspecified atom stereocenters. The van der Waals surface area contributed by atoms with Crippen LogP contribution in [0, 0.1) is 0 Å². The van der Waals surface area contributed by atoms with Crippen LogP contribution in [0.3, 0.4) is 0 Å². The third kappa shape index (κ3) is 5.35. The van der Waals surface area contributed by atoms with Crippen molar-refractivity contribution >= 4 is 36.4 Å².